The van der Waals surface area contributed by atoms with Gasteiger partial charge in [0.1, 0.15) is 10.8 Å². The summed E-state index contributed by atoms with van der Waals surface area (Å²) >= 11 is 1.13. The molecule has 0 radical (unpaired) electrons. The highest BCUT2D eigenvalue weighted by Gasteiger charge is 2.33. The van der Waals surface area contributed by atoms with Gasteiger partial charge in [0.2, 0.25) is 11.8 Å². The smallest absolute Gasteiger partial charge is 0.418 e. The van der Waals surface area contributed by atoms with Gasteiger partial charge < -0.3 is 10.1 Å². The number of alkyl halides is 3. The van der Waals surface area contributed by atoms with Gasteiger partial charge in [0.15, 0.2) is 5.82 Å². The van der Waals surface area contributed by atoms with Gasteiger partial charge in [-0.1, -0.05) is 72.4 Å². The predicted octanol–water partition coefficient (Wildman–Crippen LogP) is 6.59. The topological polar surface area (TPSA) is 64.1 Å². The number of amides is 1. The van der Waals surface area contributed by atoms with Gasteiger partial charge in [0.25, 0.3) is 0 Å². The normalized spacial score (nSPS) is 12.3. The maximum absolute atomic E-state index is 13.3. The molecule has 4 aromatic rings. The van der Waals surface area contributed by atoms with Crippen LogP contribution in [0.25, 0.3) is 11.4 Å². The summed E-state index contributed by atoms with van der Waals surface area (Å²) in [5, 5.41) is 2.92. The van der Waals surface area contributed by atoms with Crippen LogP contribution in [0, 0.1) is 0 Å². The van der Waals surface area contributed by atoms with E-state index in [1.54, 1.807) is 0 Å². The van der Waals surface area contributed by atoms with Gasteiger partial charge in [-0.25, -0.2) is 4.98 Å². The Morgan fingerprint density at radius 1 is 0.943 bits per heavy atom. The zero-order chi connectivity index (χ0) is 24.4. The van der Waals surface area contributed by atoms with Crippen LogP contribution in [0.1, 0.15) is 16.7 Å². The maximum Gasteiger partial charge on any atom is 0.418 e. The summed E-state index contributed by atoms with van der Waals surface area (Å²) in [5.41, 5.74) is 1.30. The summed E-state index contributed by atoms with van der Waals surface area (Å²) in [7, 11) is 0. The highest BCUT2D eigenvalue weighted by atomic mass is 32.2. The molecule has 9 heteroatoms. The number of hydrogen-bond donors (Lipinski definition) is 1. The molecule has 0 saturated heterocycles. The zero-order valence-electron chi connectivity index (χ0n) is 18.2. The number of nitrogens with one attached hydrogen (secondary N) is 1. The van der Waals surface area contributed by atoms with Crippen molar-refractivity contribution in [3.05, 3.63) is 95.6 Å². The number of benzene rings is 3. The van der Waals surface area contributed by atoms with Crippen molar-refractivity contribution < 1.29 is 22.7 Å². The van der Waals surface area contributed by atoms with Crippen molar-refractivity contribution in [3.63, 3.8) is 0 Å². The Hall–Kier alpha value is -3.85. The number of fused-ring (bicyclic) bond motifs is 2. The molecule has 0 bridgehead atoms. The highest BCUT2D eigenvalue weighted by molar-refractivity contribution is 8.00. The molecule has 1 aliphatic heterocycles. The minimum Gasteiger partial charge on any atom is -0.438 e. The summed E-state index contributed by atoms with van der Waals surface area (Å²) in [6, 6.07) is 21.8. The molecule has 35 heavy (non-hydrogen) atoms. The lowest BCUT2D eigenvalue weighted by Crippen LogP contribution is -2.18. The second kappa shape index (κ2) is 9.42. The fourth-order valence-electron chi connectivity index (χ4n) is 3.72. The number of nitrogens with zero attached hydrogens (tertiary/aromatic N) is 2. The Labute approximate surface area is 203 Å². The SMILES string of the molecule is O=C(CSc1nc(-c2ccccc2)nc2c1Cc1ccccc1O2)Nc1ccccc1C(F)(F)F. The Balaban J connectivity index is 1.42. The van der Waals surface area contributed by atoms with E-state index in [0.717, 1.165) is 34.5 Å². The number of ether oxygens (including phenoxy) is 1. The lowest BCUT2D eigenvalue weighted by Gasteiger charge is -2.21. The average Bonchev–Trinajstić information content (AvgIpc) is 2.86. The van der Waals surface area contributed by atoms with Crippen molar-refractivity contribution in [2.24, 2.45) is 0 Å². The Morgan fingerprint density at radius 3 is 2.46 bits per heavy atom. The fourth-order valence-corrected chi connectivity index (χ4v) is 4.54. The van der Waals surface area contributed by atoms with Gasteiger partial charge in [-0.2, -0.15) is 18.2 Å². The van der Waals surface area contributed by atoms with Crippen LogP contribution in [0.15, 0.2) is 83.9 Å². The van der Waals surface area contributed by atoms with Crippen LogP contribution in [0.2, 0.25) is 0 Å². The van der Waals surface area contributed by atoms with Crippen molar-refractivity contribution in [1.29, 1.82) is 0 Å². The van der Waals surface area contributed by atoms with Crippen LogP contribution in [-0.2, 0) is 17.4 Å². The Kier molecular flexibility index (Phi) is 6.17. The third-order valence-corrected chi connectivity index (χ3v) is 6.37. The van der Waals surface area contributed by atoms with Crippen molar-refractivity contribution >= 4 is 23.4 Å². The average molecular weight is 494 g/mol. The van der Waals surface area contributed by atoms with Gasteiger partial charge in [-0.05, 0) is 23.8 Å². The van der Waals surface area contributed by atoms with E-state index in [2.05, 4.69) is 15.3 Å². The van der Waals surface area contributed by atoms with Crippen LogP contribution in [0.3, 0.4) is 0 Å². The number of carbonyl (C=O) groups is 1. The van der Waals surface area contributed by atoms with E-state index >= 15 is 0 Å². The number of anilines is 1. The molecule has 0 saturated carbocycles. The third-order valence-electron chi connectivity index (χ3n) is 5.36. The van der Waals surface area contributed by atoms with E-state index in [1.807, 2.05) is 54.6 Å². The molecule has 0 fully saturated rings. The molecule has 176 valence electrons. The summed E-state index contributed by atoms with van der Waals surface area (Å²) in [6.07, 6.45) is -4.06. The molecule has 5 rings (SSSR count). The molecule has 1 N–H and O–H groups in total. The minimum atomic E-state index is -4.57. The standard InChI is InChI=1S/C26H18F3N3O2S/c27-26(28,29)19-11-5-6-12-20(19)30-22(33)15-35-25-18-14-17-10-4-7-13-21(17)34-24(18)31-23(32-25)16-8-2-1-3-9-16/h1-13H,14-15H2,(H,30,33). The second-order valence-corrected chi connectivity index (χ2v) is 8.73. The molecule has 1 amide bonds. The van der Waals surface area contributed by atoms with Gasteiger partial charge in [0, 0.05) is 12.0 Å². The van der Waals surface area contributed by atoms with Gasteiger partial charge in [-0.15, -0.1) is 0 Å². The zero-order valence-corrected chi connectivity index (χ0v) is 19.0. The minimum absolute atomic E-state index is 0.133. The van der Waals surface area contributed by atoms with Crippen LogP contribution < -0.4 is 10.1 Å². The number of thioether (sulfide) groups is 1. The lowest BCUT2D eigenvalue weighted by molar-refractivity contribution is -0.137. The van der Waals surface area contributed by atoms with E-state index in [1.165, 1.54) is 18.2 Å². The quantitative estimate of drug-likeness (QED) is 0.221. The summed E-state index contributed by atoms with van der Waals surface area (Å²) in [4.78, 5) is 21.9. The van der Waals surface area contributed by atoms with E-state index < -0.39 is 17.6 Å². The molecule has 0 aliphatic carbocycles. The monoisotopic (exact) mass is 493 g/mol. The molecule has 2 heterocycles. The van der Waals surface area contributed by atoms with Gasteiger partial charge in [0.05, 0.1) is 22.6 Å². The molecular formula is C26H18F3N3O2S. The predicted molar refractivity (Wildman–Crippen MR) is 128 cm³/mol. The Bertz CT molecular complexity index is 1390. The first-order valence-electron chi connectivity index (χ1n) is 10.7. The molecule has 3 aromatic carbocycles. The summed E-state index contributed by atoms with van der Waals surface area (Å²) in [5.74, 6) is 0.843. The first kappa shape index (κ1) is 22.9. The fraction of sp³-hybridized carbons (Fsp3) is 0.115. The molecule has 1 aromatic heterocycles. The maximum atomic E-state index is 13.3. The van der Waals surface area contributed by atoms with Crippen molar-refractivity contribution in [2.45, 2.75) is 17.6 Å². The van der Waals surface area contributed by atoms with Crippen LogP contribution in [0.4, 0.5) is 18.9 Å². The number of para-hydroxylation sites is 2. The molecule has 0 atom stereocenters. The molecule has 0 unspecified atom stereocenters. The highest BCUT2D eigenvalue weighted by Crippen LogP contribution is 2.40. The molecule has 5 nitrogen and oxygen atoms in total. The molecule has 1 aliphatic rings. The number of carbonyl (C=O) groups excluding carboxylic acids is 1. The number of aromatic nitrogens is 2. The Morgan fingerprint density at radius 2 is 1.66 bits per heavy atom. The molecular weight excluding hydrogens is 475 g/mol. The summed E-state index contributed by atoms with van der Waals surface area (Å²) in [6.45, 7) is 0. The lowest BCUT2D eigenvalue weighted by atomic mass is 10.0. The van der Waals surface area contributed by atoms with E-state index in [0.29, 0.717) is 28.9 Å². The van der Waals surface area contributed by atoms with Crippen molar-refractivity contribution in [2.75, 3.05) is 11.1 Å². The summed E-state index contributed by atoms with van der Waals surface area (Å²) < 4.78 is 45.9. The number of hydrogen-bond acceptors (Lipinski definition) is 5. The molecule has 0 spiro atoms. The van der Waals surface area contributed by atoms with Crippen molar-refractivity contribution in [3.8, 4) is 23.0 Å². The third kappa shape index (κ3) is 5.00. The van der Waals surface area contributed by atoms with Crippen molar-refractivity contribution in [1.82, 2.24) is 9.97 Å². The van der Waals surface area contributed by atoms with E-state index in [-0.39, 0.29) is 11.4 Å². The van der Waals surface area contributed by atoms with E-state index in [9.17, 15) is 18.0 Å². The first-order chi connectivity index (χ1) is 16.9. The number of rotatable bonds is 5. The van der Waals surface area contributed by atoms with E-state index in [4.69, 9.17) is 4.74 Å². The second-order valence-electron chi connectivity index (χ2n) is 7.77. The van der Waals surface area contributed by atoms with Gasteiger partial charge >= 0.3 is 6.18 Å². The van der Waals surface area contributed by atoms with Crippen LogP contribution >= 0.6 is 11.8 Å². The largest absolute Gasteiger partial charge is 0.438 e. The first-order valence-corrected chi connectivity index (χ1v) is 11.7. The van der Waals surface area contributed by atoms with Gasteiger partial charge in [-0.3, -0.25) is 4.79 Å². The number of halogens is 3. The van der Waals surface area contributed by atoms with Crippen LogP contribution in [-0.4, -0.2) is 21.6 Å². The van der Waals surface area contributed by atoms with Crippen LogP contribution in [0.5, 0.6) is 11.6 Å².